The van der Waals surface area contributed by atoms with Crippen molar-refractivity contribution in [2.45, 2.75) is 43.2 Å². The Morgan fingerprint density at radius 2 is 1.73 bits per heavy atom. The number of allylic oxidation sites excluding steroid dienone is 2. The Morgan fingerprint density at radius 1 is 1.07 bits per heavy atom. The quantitative estimate of drug-likeness (QED) is 0.322. The van der Waals surface area contributed by atoms with Gasteiger partial charge in [-0.3, -0.25) is 9.59 Å². The Bertz CT molecular complexity index is 909. The van der Waals surface area contributed by atoms with E-state index in [1.807, 2.05) is 0 Å². The number of thioether (sulfide) groups is 1. The number of Topliss-reactive ketones (excluding diaryl/α,β-unsaturated/α-hetero) is 2. The first-order valence-electron chi connectivity index (χ1n) is 9.10. The van der Waals surface area contributed by atoms with Crippen LogP contribution in [-0.4, -0.2) is 85.8 Å². The normalized spacial score (nSPS) is 29.2. The third-order valence-corrected chi connectivity index (χ3v) is 6.33. The summed E-state index contributed by atoms with van der Waals surface area (Å²) in [6.07, 6.45) is -5.85. The molecule has 0 aromatic heterocycles. The van der Waals surface area contributed by atoms with Crippen LogP contribution in [0.4, 0.5) is 0 Å². The highest BCUT2D eigenvalue weighted by molar-refractivity contribution is 8.04. The van der Waals surface area contributed by atoms with Gasteiger partial charge in [-0.15, -0.1) is 0 Å². The smallest absolute Gasteiger partial charge is 0.233 e. The van der Waals surface area contributed by atoms with Gasteiger partial charge in [-0.25, -0.2) is 0 Å². The molecule has 1 aromatic rings. The first kappa shape index (κ1) is 22.5. The highest BCUT2D eigenvalue weighted by Crippen LogP contribution is 2.45. The van der Waals surface area contributed by atoms with E-state index in [0.29, 0.717) is 11.8 Å². The van der Waals surface area contributed by atoms with E-state index in [2.05, 4.69) is 0 Å². The molecular weight excluding hydrogens is 420 g/mol. The number of aliphatic hydroxyl groups excluding tert-OH is 4. The Labute approximate surface area is 175 Å². The molecule has 3 rings (SSSR count). The van der Waals surface area contributed by atoms with Gasteiger partial charge in [0.15, 0.2) is 5.76 Å². The van der Waals surface area contributed by atoms with Crippen molar-refractivity contribution in [2.24, 2.45) is 0 Å². The number of aryl methyl sites for hydroxylation is 1. The fourth-order valence-electron chi connectivity index (χ4n) is 3.44. The fraction of sp³-hybridized carbons (Fsp3) is 0.474. The van der Waals surface area contributed by atoms with Crippen molar-refractivity contribution in [3.05, 3.63) is 33.4 Å². The molecule has 0 saturated carbocycles. The van der Waals surface area contributed by atoms with E-state index in [1.54, 1.807) is 6.92 Å². The monoisotopic (exact) mass is 442 g/mol. The summed E-state index contributed by atoms with van der Waals surface area (Å²) in [7, 11) is 1.14. The average Bonchev–Trinajstić information content (AvgIpc) is 2.73. The third-order valence-electron chi connectivity index (χ3n) is 5.10. The molecule has 5 atom stereocenters. The van der Waals surface area contributed by atoms with Gasteiger partial charge in [-0.05, 0) is 18.1 Å². The molecule has 164 valence electrons. The topological polar surface area (TPSA) is 174 Å². The van der Waals surface area contributed by atoms with Crippen molar-refractivity contribution in [1.82, 2.24) is 0 Å². The molecule has 0 radical (unpaired) electrons. The van der Waals surface area contributed by atoms with Crippen LogP contribution in [0.15, 0.2) is 16.7 Å². The molecule has 1 fully saturated rings. The van der Waals surface area contributed by atoms with Crippen molar-refractivity contribution in [3.8, 4) is 11.5 Å². The number of aliphatic hydroxyl groups is 4. The molecule has 0 unspecified atom stereocenters. The lowest BCUT2D eigenvalue weighted by Crippen LogP contribution is -2.57. The second kappa shape index (κ2) is 8.53. The molecule has 10 nitrogen and oxygen atoms in total. The van der Waals surface area contributed by atoms with Crippen LogP contribution < -0.4 is 0 Å². The lowest BCUT2D eigenvalue weighted by Gasteiger charge is -2.40. The summed E-state index contributed by atoms with van der Waals surface area (Å²) >= 11 is 0.548. The minimum Gasteiger partial charge on any atom is -0.507 e. The van der Waals surface area contributed by atoms with Crippen molar-refractivity contribution in [2.75, 3.05) is 13.7 Å². The van der Waals surface area contributed by atoms with Gasteiger partial charge in [-0.2, -0.15) is 0 Å². The molecule has 1 aliphatic carbocycles. The number of fused-ring (bicyclic) bond motifs is 1. The molecule has 0 amide bonds. The maximum atomic E-state index is 13.2. The molecule has 30 heavy (non-hydrogen) atoms. The molecule has 1 aliphatic heterocycles. The minimum atomic E-state index is -1.68. The zero-order valence-corrected chi connectivity index (χ0v) is 16.9. The van der Waals surface area contributed by atoms with Crippen LogP contribution in [0.3, 0.4) is 0 Å². The molecule has 6 N–H and O–H groups in total. The number of methoxy groups -OCH3 is 1. The molecule has 1 saturated heterocycles. The number of carbonyl (C=O) groups is 2. The molecule has 1 heterocycles. The van der Waals surface area contributed by atoms with Gasteiger partial charge >= 0.3 is 0 Å². The van der Waals surface area contributed by atoms with Gasteiger partial charge in [0, 0.05) is 0 Å². The first-order chi connectivity index (χ1) is 14.2. The molecule has 0 bridgehead atoms. The van der Waals surface area contributed by atoms with Crippen LogP contribution in [0.25, 0.3) is 0 Å². The van der Waals surface area contributed by atoms with E-state index in [0.717, 1.165) is 7.11 Å². The van der Waals surface area contributed by atoms with Gasteiger partial charge < -0.3 is 40.1 Å². The second-order valence-corrected chi connectivity index (χ2v) is 7.95. The number of carbonyl (C=O) groups excluding carboxylic acids is 2. The van der Waals surface area contributed by atoms with Gasteiger partial charge in [0.1, 0.15) is 46.3 Å². The second-order valence-electron chi connectivity index (χ2n) is 6.84. The lowest BCUT2D eigenvalue weighted by molar-refractivity contribution is -0.205. The van der Waals surface area contributed by atoms with E-state index >= 15 is 0 Å². The van der Waals surface area contributed by atoms with E-state index in [-0.39, 0.29) is 16.9 Å². The summed E-state index contributed by atoms with van der Waals surface area (Å²) in [5, 5.41) is 60.2. The zero-order valence-electron chi connectivity index (χ0n) is 16.1. The maximum Gasteiger partial charge on any atom is 0.233 e. The van der Waals surface area contributed by atoms with Crippen molar-refractivity contribution in [1.29, 1.82) is 0 Å². The number of ketones is 2. The molecular formula is C19H22O10S. The summed E-state index contributed by atoms with van der Waals surface area (Å²) in [6, 6.07) is 1.20. The van der Waals surface area contributed by atoms with Crippen LogP contribution in [-0.2, 0) is 15.9 Å². The molecule has 0 spiro atoms. The van der Waals surface area contributed by atoms with E-state index in [9.17, 15) is 40.2 Å². The average molecular weight is 442 g/mol. The van der Waals surface area contributed by atoms with Gasteiger partial charge in [0.25, 0.3) is 0 Å². The van der Waals surface area contributed by atoms with E-state index in [4.69, 9.17) is 9.47 Å². The number of hydrogen-bond acceptors (Lipinski definition) is 11. The van der Waals surface area contributed by atoms with Crippen LogP contribution >= 0.6 is 11.8 Å². The fourth-order valence-corrected chi connectivity index (χ4v) is 4.66. The lowest BCUT2D eigenvalue weighted by atomic mass is 9.89. The molecule has 2 aliphatic rings. The highest BCUT2D eigenvalue weighted by Gasteiger charge is 2.47. The minimum absolute atomic E-state index is 0.255. The van der Waals surface area contributed by atoms with Crippen LogP contribution in [0.1, 0.15) is 33.2 Å². The number of phenolic OH excluding ortho intramolecular Hbond substituents is 2. The number of benzene rings is 1. The molecule has 11 heteroatoms. The van der Waals surface area contributed by atoms with Crippen LogP contribution in [0, 0.1) is 0 Å². The Balaban J connectivity index is 2.06. The Kier molecular flexibility index (Phi) is 6.41. The first-order valence-corrected chi connectivity index (χ1v) is 9.98. The number of phenols is 2. The summed E-state index contributed by atoms with van der Waals surface area (Å²) < 4.78 is 10.5. The maximum absolute atomic E-state index is 13.2. The van der Waals surface area contributed by atoms with Crippen LogP contribution in [0.2, 0.25) is 0 Å². The van der Waals surface area contributed by atoms with Crippen molar-refractivity contribution < 1.29 is 49.7 Å². The van der Waals surface area contributed by atoms with Gasteiger partial charge in [-0.1, -0.05) is 18.7 Å². The van der Waals surface area contributed by atoms with Crippen molar-refractivity contribution in [3.63, 3.8) is 0 Å². The summed E-state index contributed by atoms with van der Waals surface area (Å²) in [6.45, 7) is 1.03. The standard InChI is InChI=1S/C19H22O10S/c1-3-6-4-7(21)9-10(11(6)22)14(25)18(17(28-2)13(9)24)30-19-16(27)15(26)12(23)8(5-20)29-19/h4,8,12,15-16,19-23,26-27H,3,5H2,1-2H3/t8-,12-,15+,16-,19+/m1/s1. The van der Waals surface area contributed by atoms with E-state index in [1.165, 1.54) is 6.07 Å². The van der Waals surface area contributed by atoms with E-state index < -0.39 is 76.4 Å². The van der Waals surface area contributed by atoms with Gasteiger partial charge in [0.05, 0.1) is 24.8 Å². The number of ether oxygens (including phenoxy) is 2. The van der Waals surface area contributed by atoms with Gasteiger partial charge in [0.2, 0.25) is 11.6 Å². The van der Waals surface area contributed by atoms with Crippen molar-refractivity contribution >= 4 is 23.3 Å². The highest BCUT2D eigenvalue weighted by atomic mass is 32.2. The summed E-state index contributed by atoms with van der Waals surface area (Å²) in [5.41, 5.74) is -1.89. The van der Waals surface area contributed by atoms with Crippen LogP contribution in [0.5, 0.6) is 11.5 Å². The predicted molar refractivity (Wildman–Crippen MR) is 103 cm³/mol. The molecule has 1 aromatic carbocycles. The largest absolute Gasteiger partial charge is 0.507 e. The SMILES string of the molecule is CCc1cc(O)c2c(c1O)C(=O)C(S[C@@H]1O[C@H](CO)[C@@H](O)[C@H](O)[C@H]1O)=C(OC)C2=O. The number of aromatic hydroxyl groups is 2. The summed E-state index contributed by atoms with van der Waals surface area (Å²) in [5.74, 6) is -3.07. The Hall–Kier alpha value is -2.15. The zero-order chi connectivity index (χ0) is 22.3. The summed E-state index contributed by atoms with van der Waals surface area (Å²) in [4.78, 5) is 25.7. The predicted octanol–water partition coefficient (Wildman–Crippen LogP) is -0.570. The number of hydrogen-bond donors (Lipinski definition) is 6. The Morgan fingerprint density at radius 3 is 2.30 bits per heavy atom. The number of rotatable bonds is 5. The third kappa shape index (κ3) is 3.47.